The Bertz CT molecular complexity index is 883. The van der Waals surface area contributed by atoms with Crippen molar-refractivity contribution in [2.45, 2.75) is 104 Å². The summed E-state index contributed by atoms with van der Waals surface area (Å²) in [5, 5.41) is 24.4. The molecule has 0 amide bonds. The van der Waals surface area contributed by atoms with Gasteiger partial charge in [-0.2, -0.15) is 10.4 Å². The Labute approximate surface area is 194 Å². The molecule has 4 heteroatoms. The summed E-state index contributed by atoms with van der Waals surface area (Å²) in [6.07, 6.45) is 16.4. The smallest absolute Gasteiger partial charge is 0.102 e. The van der Waals surface area contributed by atoms with E-state index in [0.29, 0.717) is 22.3 Å². The minimum atomic E-state index is -0.439. The van der Waals surface area contributed by atoms with E-state index in [1.807, 2.05) is 10.9 Å². The largest absolute Gasteiger partial charge is 0.390 e. The Hall–Kier alpha value is -1.34. The fraction of sp³-hybridized carbons (Fsp3) is 0.857. The highest BCUT2D eigenvalue weighted by molar-refractivity contribution is 5.21. The molecule has 1 aromatic heterocycles. The van der Waals surface area contributed by atoms with Gasteiger partial charge in [0.25, 0.3) is 0 Å². The van der Waals surface area contributed by atoms with Gasteiger partial charge in [0, 0.05) is 12.7 Å². The molecule has 1 aromatic rings. The van der Waals surface area contributed by atoms with Crippen LogP contribution in [0.3, 0.4) is 0 Å². The van der Waals surface area contributed by atoms with Crippen LogP contribution in [0.1, 0.15) is 97.5 Å². The van der Waals surface area contributed by atoms with E-state index in [1.165, 1.54) is 51.4 Å². The number of hydrogen-bond donors (Lipinski definition) is 1. The maximum Gasteiger partial charge on any atom is 0.102 e. The van der Waals surface area contributed by atoms with Crippen molar-refractivity contribution in [1.82, 2.24) is 9.78 Å². The molecule has 4 nitrogen and oxygen atoms in total. The SMILES string of the molecule is CC[C@]12CC[C@@](C)(O)C[C@H]1CC[C@@H]1[C@@H]2CC[C@]2(C)C([C@H](C)Cn3cc(C#N)cn3)CC[C@@H]12. The summed E-state index contributed by atoms with van der Waals surface area (Å²) in [4.78, 5) is 0. The number of aromatic nitrogens is 2. The average molecular weight is 438 g/mol. The van der Waals surface area contributed by atoms with Crippen molar-refractivity contribution in [2.24, 2.45) is 46.3 Å². The topological polar surface area (TPSA) is 61.8 Å². The van der Waals surface area contributed by atoms with E-state index >= 15 is 0 Å². The van der Waals surface area contributed by atoms with Crippen molar-refractivity contribution in [3.05, 3.63) is 18.0 Å². The maximum atomic E-state index is 10.8. The molecule has 5 rings (SSSR count). The van der Waals surface area contributed by atoms with Crippen LogP contribution in [0.5, 0.6) is 0 Å². The molecule has 176 valence electrons. The molecule has 4 aliphatic carbocycles. The molecule has 0 radical (unpaired) electrons. The van der Waals surface area contributed by atoms with Gasteiger partial charge >= 0.3 is 0 Å². The van der Waals surface area contributed by atoms with Gasteiger partial charge in [-0.05, 0) is 117 Å². The van der Waals surface area contributed by atoms with Crippen LogP contribution in [0, 0.1) is 57.7 Å². The van der Waals surface area contributed by atoms with Gasteiger partial charge in [-0.1, -0.05) is 20.8 Å². The lowest BCUT2D eigenvalue weighted by molar-refractivity contribution is -0.157. The van der Waals surface area contributed by atoms with E-state index in [0.717, 1.165) is 49.0 Å². The Morgan fingerprint density at radius 3 is 2.69 bits per heavy atom. The van der Waals surface area contributed by atoms with Crippen molar-refractivity contribution in [2.75, 3.05) is 0 Å². The second kappa shape index (κ2) is 7.86. The lowest BCUT2D eigenvalue weighted by Gasteiger charge is -2.63. The Kier molecular flexibility index (Phi) is 5.52. The zero-order chi connectivity index (χ0) is 22.7. The van der Waals surface area contributed by atoms with Crippen LogP contribution in [0.2, 0.25) is 0 Å². The first-order valence-corrected chi connectivity index (χ1v) is 13.4. The van der Waals surface area contributed by atoms with Gasteiger partial charge < -0.3 is 5.11 Å². The second-order valence-electron chi connectivity index (χ2n) is 12.7. The summed E-state index contributed by atoms with van der Waals surface area (Å²) < 4.78 is 2.00. The van der Waals surface area contributed by atoms with Crippen molar-refractivity contribution < 1.29 is 5.11 Å². The molecule has 32 heavy (non-hydrogen) atoms. The fourth-order valence-corrected chi connectivity index (χ4v) is 9.86. The van der Waals surface area contributed by atoms with Crippen LogP contribution in [0.25, 0.3) is 0 Å². The molecule has 0 aliphatic heterocycles. The summed E-state index contributed by atoms with van der Waals surface area (Å²) in [6.45, 7) is 10.5. The van der Waals surface area contributed by atoms with Gasteiger partial charge in [-0.15, -0.1) is 0 Å². The molecule has 0 aromatic carbocycles. The molecule has 4 fully saturated rings. The predicted octanol–water partition coefficient (Wildman–Crippen LogP) is 6.19. The summed E-state index contributed by atoms with van der Waals surface area (Å²) >= 11 is 0. The van der Waals surface area contributed by atoms with E-state index in [4.69, 9.17) is 5.26 Å². The molecule has 1 N–H and O–H groups in total. The predicted molar refractivity (Wildman–Crippen MR) is 127 cm³/mol. The van der Waals surface area contributed by atoms with Crippen molar-refractivity contribution in [3.63, 3.8) is 0 Å². The number of hydrogen-bond acceptors (Lipinski definition) is 3. The third kappa shape index (κ3) is 3.37. The number of fused-ring (bicyclic) bond motifs is 5. The second-order valence-corrected chi connectivity index (χ2v) is 12.7. The quantitative estimate of drug-likeness (QED) is 0.611. The lowest BCUT2D eigenvalue weighted by Crippen LogP contribution is -2.56. The number of rotatable bonds is 4. The summed E-state index contributed by atoms with van der Waals surface area (Å²) in [7, 11) is 0. The van der Waals surface area contributed by atoms with E-state index < -0.39 is 5.60 Å². The standard InChI is InChI=1S/C28H43N3O/c1-5-28-13-12-26(3,32)14-21(28)6-7-22-24-9-8-23(27(24,4)11-10-25(22)28)19(2)17-31-18-20(15-29)16-30-31/h16,18-19,21-25,32H,5-14,17H2,1-4H3/t19-,21-,22+,23?,24+,25+,26-,27-,28+/m1/s1. The van der Waals surface area contributed by atoms with E-state index in [2.05, 4.69) is 38.9 Å². The van der Waals surface area contributed by atoms with E-state index in [-0.39, 0.29) is 0 Å². The maximum absolute atomic E-state index is 10.8. The van der Waals surface area contributed by atoms with Gasteiger partial charge in [0.05, 0.1) is 17.4 Å². The molecule has 4 aliphatic rings. The minimum Gasteiger partial charge on any atom is -0.390 e. The zero-order valence-corrected chi connectivity index (χ0v) is 20.7. The molecule has 9 atom stereocenters. The molecule has 1 heterocycles. The normalized spacial score (nSPS) is 46.6. The van der Waals surface area contributed by atoms with Crippen LogP contribution < -0.4 is 0 Å². The van der Waals surface area contributed by atoms with Gasteiger partial charge in [-0.3, -0.25) is 4.68 Å². The molecule has 0 saturated heterocycles. The van der Waals surface area contributed by atoms with Crippen LogP contribution in [0.15, 0.2) is 12.4 Å². The average Bonchev–Trinajstić information content (AvgIpc) is 3.36. The number of aliphatic hydroxyl groups is 1. The third-order valence-corrected chi connectivity index (χ3v) is 11.3. The molecular formula is C28H43N3O. The molecule has 1 unspecified atom stereocenters. The van der Waals surface area contributed by atoms with Gasteiger partial charge in [0.15, 0.2) is 0 Å². The highest BCUT2D eigenvalue weighted by Crippen LogP contribution is 2.69. The molecule has 0 spiro atoms. The highest BCUT2D eigenvalue weighted by atomic mass is 16.3. The van der Waals surface area contributed by atoms with E-state index in [9.17, 15) is 5.11 Å². The first-order valence-electron chi connectivity index (χ1n) is 13.4. The van der Waals surface area contributed by atoms with Gasteiger partial charge in [0.2, 0.25) is 0 Å². The first kappa shape index (κ1) is 22.5. The Morgan fingerprint density at radius 2 is 1.97 bits per heavy atom. The molecule has 0 bridgehead atoms. The van der Waals surface area contributed by atoms with Crippen LogP contribution in [-0.4, -0.2) is 20.5 Å². The third-order valence-electron chi connectivity index (χ3n) is 11.3. The minimum absolute atomic E-state index is 0.439. The summed E-state index contributed by atoms with van der Waals surface area (Å²) in [5.74, 6) is 4.71. The molecular weight excluding hydrogens is 394 g/mol. The highest BCUT2D eigenvalue weighted by Gasteiger charge is 2.62. The van der Waals surface area contributed by atoms with Gasteiger partial charge in [-0.25, -0.2) is 0 Å². The first-order chi connectivity index (χ1) is 15.2. The van der Waals surface area contributed by atoms with Gasteiger partial charge in [0.1, 0.15) is 6.07 Å². The lowest BCUT2D eigenvalue weighted by atomic mass is 9.42. The summed E-state index contributed by atoms with van der Waals surface area (Å²) in [6, 6.07) is 2.21. The van der Waals surface area contributed by atoms with Crippen LogP contribution in [0.4, 0.5) is 0 Å². The Morgan fingerprint density at radius 1 is 1.16 bits per heavy atom. The number of nitriles is 1. The van der Waals surface area contributed by atoms with Crippen molar-refractivity contribution >= 4 is 0 Å². The monoisotopic (exact) mass is 437 g/mol. The van der Waals surface area contributed by atoms with Crippen molar-refractivity contribution in [1.29, 1.82) is 5.26 Å². The fourth-order valence-electron chi connectivity index (χ4n) is 9.86. The van der Waals surface area contributed by atoms with Crippen LogP contribution in [-0.2, 0) is 6.54 Å². The van der Waals surface area contributed by atoms with Crippen molar-refractivity contribution in [3.8, 4) is 6.07 Å². The van der Waals surface area contributed by atoms with Crippen LogP contribution >= 0.6 is 0 Å². The zero-order valence-electron chi connectivity index (χ0n) is 20.7. The molecule has 4 saturated carbocycles. The summed E-state index contributed by atoms with van der Waals surface area (Å²) in [5.41, 5.74) is 1.17. The van der Waals surface area contributed by atoms with E-state index in [1.54, 1.807) is 6.20 Å². The number of nitrogens with zero attached hydrogens (tertiary/aromatic N) is 3. The Balaban J connectivity index is 1.35.